The van der Waals surface area contributed by atoms with Crippen molar-refractivity contribution in [2.24, 2.45) is 0 Å². The molecule has 1 aliphatic carbocycles. The first-order chi connectivity index (χ1) is 17.8. The minimum absolute atomic E-state index is 0.123. The third kappa shape index (κ3) is 4.57. The average molecular weight is 672 g/mol. The molecule has 1 heterocycles. The lowest BCUT2D eigenvalue weighted by atomic mass is 9.79. The van der Waals surface area contributed by atoms with E-state index in [4.69, 9.17) is 14.2 Å². The number of hydrogen-bond acceptors (Lipinski definition) is 6. The summed E-state index contributed by atoms with van der Waals surface area (Å²) in [6, 6.07) is 19.2. The van der Waals surface area contributed by atoms with Gasteiger partial charge in [0.15, 0.2) is 17.3 Å². The van der Waals surface area contributed by atoms with Crippen LogP contribution in [0.3, 0.4) is 0 Å². The molecule has 0 unspecified atom stereocenters. The Kier molecular flexibility index (Phi) is 7.13. The number of halogens is 2. The van der Waals surface area contributed by atoms with Crippen molar-refractivity contribution in [3.63, 3.8) is 0 Å². The van der Waals surface area contributed by atoms with Crippen LogP contribution in [0.25, 0.3) is 5.70 Å². The summed E-state index contributed by atoms with van der Waals surface area (Å²) in [5.74, 6) is -0.260. The van der Waals surface area contributed by atoms with E-state index < -0.39 is 11.9 Å². The van der Waals surface area contributed by atoms with Gasteiger partial charge < -0.3 is 19.5 Å². The maximum atomic E-state index is 13.6. The lowest BCUT2D eigenvalue weighted by molar-refractivity contribution is -0.136. The van der Waals surface area contributed by atoms with Crippen LogP contribution in [0.2, 0.25) is 0 Å². The molecule has 0 amide bonds. The van der Waals surface area contributed by atoms with E-state index in [1.165, 1.54) is 7.11 Å². The minimum Gasteiger partial charge on any atom is -0.493 e. The molecule has 0 radical (unpaired) electrons. The fourth-order valence-electron chi connectivity index (χ4n) is 4.81. The Morgan fingerprint density at radius 3 is 2.41 bits per heavy atom. The zero-order valence-corrected chi connectivity index (χ0v) is 24.1. The number of esters is 1. The summed E-state index contributed by atoms with van der Waals surface area (Å²) in [4.78, 5) is 26.7. The number of ketones is 1. The van der Waals surface area contributed by atoms with Gasteiger partial charge in [0.25, 0.3) is 0 Å². The van der Waals surface area contributed by atoms with E-state index in [1.54, 1.807) is 13.2 Å². The van der Waals surface area contributed by atoms with Gasteiger partial charge in [0.2, 0.25) is 0 Å². The van der Waals surface area contributed by atoms with Crippen molar-refractivity contribution in [3.05, 3.63) is 108 Å². The van der Waals surface area contributed by atoms with Gasteiger partial charge in [0.05, 0.1) is 31.4 Å². The maximum absolute atomic E-state index is 13.6. The van der Waals surface area contributed by atoms with Gasteiger partial charge in [0.1, 0.15) is 6.61 Å². The van der Waals surface area contributed by atoms with Gasteiger partial charge in [-0.2, -0.15) is 0 Å². The number of methoxy groups -OCH3 is 2. The Balaban J connectivity index is 1.60. The summed E-state index contributed by atoms with van der Waals surface area (Å²) in [6.07, 6.45) is 0. The summed E-state index contributed by atoms with van der Waals surface area (Å²) in [5.41, 5.74) is 5.36. The second-order valence-corrected chi connectivity index (χ2v) is 10.8. The number of allylic oxidation sites excluding steroid dienone is 2. The van der Waals surface area contributed by atoms with Crippen molar-refractivity contribution < 1.29 is 23.8 Å². The lowest BCUT2D eigenvalue weighted by Gasteiger charge is -2.30. The quantitative estimate of drug-likeness (QED) is 0.242. The van der Waals surface area contributed by atoms with Crippen LogP contribution >= 0.6 is 38.5 Å². The number of fused-ring (bicyclic) bond motifs is 2. The molecular formula is C29H23BrINO5. The van der Waals surface area contributed by atoms with Crippen LogP contribution in [-0.2, 0) is 16.1 Å². The zero-order valence-electron chi connectivity index (χ0n) is 20.4. The van der Waals surface area contributed by atoms with Gasteiger partial charge in [0, 0.05) is 30.4 Å². The highest BCUT2D eigenvalue weighted by molar-refractivity contribution is 14.1. The highest BCUT2D eigenvalue weighted by atomic mass is 127. The normalized spacial score (nSPS) is 16.2. The smallest absolute Gasteiger partial charge is 0.336 e. The molecule has 37 heavy (non-hydrogen) atoms. The van der Waals surface area contributed by atoms with E-state index in [0.717, 1.165) is 14.7 Å². The summed E-state index contributed by atoms with van der Waals surface area (Å²) in [5, 5.41) is 3.30. The topological polar surface area (TPSA) is 73.9 Å². The summed E-state index contributed by atoms with van der Waals surface area (Å²) in [7, 11) is 2.91. The number of rotatable bonds is 6. The molecule has 5 rings (SSSR count). The Labute approximate surface area is 237 Å². The van der Waals surface area contributed by atoms with Crippen molar-refractivity contribution >= 4 is 56.0 Å². The predicted octanol–water partition coefficient (Wildman–Crippen LogP) is 6.38. The average Bonchev–Trinajstić information content (AvgIpc) is 3.18. The molecule has 1 N–H and O–H groups in total. The third-order valence-electron chi connectivity index (χ3n) is 6.56. The molecule has 0 saturated carbocycles. The highest BCUT2D eigenvalue weighted by Gasteiger charge is 2.43. The van der Waals surface area contributed by atoms with E-state index in [2.05, 4.69) is 43.8 Å². The molecule has 0 fully saturated rings. The van der Waals surface area contributed by atoms with Crippen molar-refractivity contribution in [1.29, 1.82) is 0 Å². The fraction of sp³-hybridized carbons (Fsp3) is 0.172. The fourth-order valence-corrected chi connectivity index (χ4v) is 5.72. The molecule has 3 aromatic carbocycles. The Morgan fingerprint density at radius 1 is 1.03 bits per heavy atom. The molecule has 188 valence electrons. The minimum atomic E-state index is -0.669. The molecule has 6 nitrogen and oxygen atoms in total. The second kappa shape index (κ2) is 10.3. The van der Waals surface area contributed by atoms with Crippen molar-refractivity contribution in [1.82, 2.24) is 5.32 Å². The third-order valence-corrected chi connectivity index (χ3v) is 7.96. The first-order valence-corrected chi connectivity index (χ1v) is 13.4. The standard InChI is InChI=1S/C29H23BrINO5/c1-15-24(29(34)36-3)25(26-27(32-15)18-6-4-5-7-19(18)28(26)33)20-12-22(35-2)23(13-21(20)30)37-14-16-8-10-17(31)11-9-16/h4-13,25,32H,14H2,1-3H3/t25-/m1/s1. The summed E-state index contributed by atoms with van der Waals surface area (Å²) >= 11 is 5.95. The van der Waals surface area contributed by atoms with Crippen LogP contribution in [0.4, 0.5) is 0 Å². The van der Waals surface area contributed by atoms with E-state index >= 15 is 0 Å². The lowest BCUT2D eigenvalue weighted by Crippen LogP contribution is -2.29. The van der Waals surface area contributed by atoms with Crippen LogP contribution in [0.5, 0.6) is 11.5 Å². The first kappa shape index (κ1) is 25.5. The van der Waals surface area contributed by atoms with Crippen LogP contribution in [0.15, 0.2) is 82.0 Å². The largest absolute Gasteiger partial charge is 0.493 e. The van der Waals surface area contributed by atoms with Crippen LogP contribution in [0, 0.1) is 3.57 Å². The number of carbonyl (C=O) groups excluding carboxylic acids is 2. The molecule has 1 atom stereocenters. The van der Waals surface area contributed by atoms with Crippen LogP contribution in [-0.4, -0.2) is 26.0 Å². The van der Waals surface area contributed by atoms with E-state index in [-0.39, 0.29) is 5.78 Å². The van der Waals surface area contributed by atoms with E-state index in [1.807, 2.05) is 61.5 Å². The van der Waals surface area contributed by atoms with E-state index in [0.29, 0.717) is 56.2 Å². The molecule has 0 aromatic heterocycles. The van der Waals surface area contributed by atoms with Gasteiger partial charge in [-0.3, -0.25) is 4.79 Å². The van der Waals surface area contributed by atoms with Crippen molar-refractivity contribution in [2.75, 3.05) is 14.2 Å². The highest BCUT2D eigenvalue weighted by Crippen LogP contribution is 2.50. The number of dihydropyridines is 1. The number of benzene rings is 3. The first-order valence-electron chi connectivity index (χ1n) is 11.5. The summed E-state index contributed by atoms with van der Waals surface area (Å²) in [6.45, 7) is 2.18. The Bertz CT molecular complexity index is 1490. The van der Waals surface area contributed by atoms with Gasteiger partial charge in [-0.15, -0.1) is 0 Å². The maximum Gasteiger partial charge on any atom is 0.336 e. The summed E-state index contributed by atoms with van der Waals surface area (Å²) < 4.78 is 18.8. The SMILES string of the molecule is COC(=O)C1=C(C)NC2=C(C(=O)c3ccccc32)[C@@H]1c1cc(OC)c(OCc2ccc(I)cc2)cc1Br. The second-order valence-electron chi connectivity index (χ2n) is 8.69. The molecule has 1 aliphatic heterocycles. The van der Waals surface area contributed by atoms with Crippen molar-refractivity contribution in [3.8, 4) is 11.5 Å². The van der Waals surface area contributed by atoms with Crippen LogP contribution in [0.1, 0.15) is 39.9 Å². The number of carbonyl (C=O) groups is 2. The monoisotopic (exact) mass is 671 g/mol. The van der Waals surface area contributed by atoms with Gasteiger partial charge in [-0.25, -0.2) is 4.79 Å². The molecule has 0 saturated heterocycles. The van der Waals surface area contributed by atoms with Gasteiger partial charge in [-0.1, -0.05) is 52.3 Å². The number of Topliss-reactive ketones (excluding diaryl/α,β-unsaturated/α-hetero) is 1. The van der Waals surface area contributed by atoms with Crippen LogP contribution < -0.4 is 14.8 Å². The molecule has 8 heteroatoms. The molecule has 2 aliphatic rings. The number of ether oxygens (including phenoxy) is 3. The molecule has 0 bridgehead atoms. The Hall–Kier alpha value is -3.11. The zero-order chi connectivity index (χ0) is 26.3. The van der Waals surface area contributed by atoms with Crippen molar-refractivity contribution in [2.45, 2.75) is 19.4 Å². The number of hydrogen-bond donors (Lipinski definition) is 1. The molecule has 0 spiro atoms. The van der Waals surface area contributed by atoms with Gasteiger partial charge >= 0.3 is 5.97 Å². The predicted molar refractivity (Wildman–Crippen MR) is 152 cm³/mol. The Morgan fingerprint density at radius 2 is 1.73 bits per heavy atom. The van der Waals surface area contributed by atoms with Gasteiger partial charge in [-0.05, 0) is 64.9 Å². The molecular weight excluding hydrogens is 649 g/mol. The van der Waals surface area contributed by atoms with E-state index in [9.17, 15) is 9.59 Å². The molecule has 3 aromatic rings. The number of nitrogens with one attached hydrogen (secondary N) is 1.